The Morgan fingerprint density at radius 2 is 2.31 bits per heavy atom. The first kappa shape index (κ1) is 10.0. The number of hydrogen-bond donors (Lipinski definition) is 2. The molecule has 0 aliphatic carbocycles. The molecule has 2 amide bonds. The number of carbonyl (C=O) groups excluding carboxylic acids is 2. The minimum absolute atomic E-state index is 0.143. The summed E-state index contributed by atoms with van der Waals surface area (Å²) in [7, 11) is 1.50. The zero-order valence-electron chi connectivity index (χ0n) is 7.29. The fourth-order valence-corrected chi connectivity index (χ4v) is 1.55. The number of nitrogens with zero attached hydrogens (tertiary/aromatic N) is 1. The van der Waals surface area contributed by atoms with Crippen molar-refractivity contribution in [3.05, 3.63) is 0 Å². The summed E-state index contributed by atoms with van der Waals surface area (Å²) in [5.74, 6) is 0.295. The summed E-state index contributed by atoms with van der Waals surface area (Å²) in [6.45, 7) is 0.736. The number of nitrogens with one attached hydrogen (secondary N) is 2. The Balaban J connectivity index is 2.28. The van der Waals surface area contributed by atoms with E-state index in [-0.39, 0.29) is 18.2 Å². The molecule has 0 aromatic carbocycles. The molecule has 6 heteroatoms. The molecule has 5 nitrogen and oxygen atoms in total. The highest BCUT2D eigenvalue weighted by molar-refractivity contribution is 8.14. The van der Waals surface area contributed by atoms with Crippen molar-refractivity contribution in [3.63, 3.8) is 0 Å². The molecule has 0 aromatic rings. The highest BCUT2D eigenvalue weighted by Crippen LogP contribution is 2.08. The maximum atomic E-state index is 11.1. The van der Waals surface area contributed by atoms with Crippen LogP contribution in [0.2, 0.25) is 0 Å². The fourth-order valence-electron chi connectivity index (χ4n) is 0.808. The Bertz CT molecular complexity index is 252. The molecule has 13 heavy (non-hydrogen) atoms. The van der Waals surface area contributed by atoms with Gasteiger partial charge in [-0.3, -0.25) is 14.6 Å². The maximum absolute atomic E-state index is 11.1. The lowest BCUT2D eigenvalue weighted by Gasteiger charge is -2.02. The predicted molar refractivity (Wildman–Crippen MR) is 51.6 cm³/mol. The van der Waals surface area contributed by atoms with Crippen LogP contribution in [0.1, 0.15) is 6.42 Å². The summed E-state index contributed by atoms with van der Waals surface area (Å²) in [4.78, 5) is 25.9. The van der Waals surface area contributed by atoms with Crippen molar-refractivity contribution in [1.29, 1.82) is 0 Å². The van der Waals surface area contributed by atoms with E-state index in [2.05, 4.69) is 15.6 Å². The summed E-state index contributed by atoms with van der Waals surface area (Å²) >= 11 is 1.49. The van der Waals surface area contributed by atoms with Crippen molar-refractivity contribution < 1.29 is 9.59 Å². The number of amides is 2. The van der Waals surface area contributed by atoms with Crippen LogP contribution < -0.4 is 10.6 Å². The molecule has 0 aromatic heterocycles. The SMILES string of the molecule is CNC(=O)CC(=O)NC1=NCCS1. The van der Waals surface area contributed by atoms with Crippen LogP contribution in [0.15, 0.2) is 4.99 Å². The zero-order valence-corrected chi connectivity index (χ0v) is 8.11. The van der Waals surface area contributed by atoms with Crippen LogP contribution in [-0.2, 0) is 9.59 Å². The summed E-state index contributed by atoms with van der Waals surface area (Å²) in [5, 5.41) is 5.55. The molecule has 0 saturated heterocycles. The van der Waals surface area contributed by atoms with Gasteiger partial charge < -0.3 is 10.6 Å². The third-order valence-electron chi connectivity index (χ3n) is 1.43. The number of aliphatic imine (C=N–C) groups is 1. The summed E-state index contributed by atoms with van der Waals surface area (Å²) < 4.78 is 0. The van der Waals surface area contributed by atoms with Crippen LogP contribution in [-0.4, -0.2) is 36.3 Å². The van der Waals surface area contributed by atoms with E-state index in [1.165, 1.54) is 18.8 Å². The molecular weight excluding hydrogens is 190 g/mol. The highest BCUT2D eigenvalue weighted by atomic mass is 32.2. The fraction of sp³-hybridized carbons (Fsp3) is 0.571. The first-order valence-corrected chi connectivity index (χ1v) is 4.88. The van der Waals surface area contributed by atoms with E-state index >= 15 is 0 Å². The molecule has 0 saturated carbocycles. The number of thioether (sulfide) groups is 1. The molecule has 1 rings (SSSR count). The molecule has 0 fully saturated rings. The Kier molecular flexibility index (Phi) is 3.75. The van der Waals surface area contributed by atoms with Gasteiger partial charge in [0.15, 0.2) is 5.17 Å². The topological polar surface area (TPSA) is 70.6 Å². The van der Waals surface area contributed by atoms with E-state index in [1.54, 1.807) is 0 Å². The lowest BCUT2D eigenvalue weighted by Crippen LogP contribution is -2.32. The van der Waals surface area contributed by atoms with Crippen molar-refractivity contribution in [2.75, 3.05) is 19.3 Å². The van der Waals surface area contributed by atoms with Crippen molar-refractivity contribution in [3.8, 4) is 0 Å². The van der Waals surface area contributed by atoms with E-state index in [0.717, 1.165) is 12.3 Å². The molecule has 72 valence electrons. The Hall–Kier alpha value is -1.04. The van der Waals surface area contributed by atoms with Crippen LogP contribution in [0.3, 0.4) is 0 Å². The Labute approximate surface area is 80.4 Å². The second kappa shape index (κ2) is 4.86. The van der Waals surface area contributed by atoms with Crippen LogP contribution in [0.25, 0.3) is 0 Å². The third kappa shape index (κ3) is 3.45. The Morgan fingerprint density at radius 3 is 2.85 bits per heavy atom. The normalized spacial score (nSPS) is 15.0. The van der Waals surface area contributed by atoms with Crippen molar-refractivity contribution in [1.82, 2.24) is 10.6 Å². The Morgan fingerprint density at radius 1 is 1.54 bits per heavy atom. The number of rotatable bonds is 2. The van der Waals surface area contributed by atoms with Gasteiger partial charge in [0.25, 0.3) is 0 Å². The third-order valence-corrected chi connectivity index (χ3v) is 2.32. The van der Waals surface area contributed by atoms with Gasteiger partial charge in [0, 0.05) is 12.8 Å². The van der Waals surface area contributed by atoms with Crippen LogP contribution in [0.4, 0.5) is 0 Å². The van der Waals surface area contributed by atoms with Gasteiger partial charge in [0.1, 0.15) is 6.42 Å². The van der Waals surface area contributed by atoms with Crippen molar-refractivity contribution in [2.24, 2.45) is 4.99 Å². The minimum Gasteiger partial charge on any atom is -0.359 e. The lowest BCUT2D eigenvalue weighted by atomic mass is 10.4. The first-order valence-electron chi connectivity index (χ1n) is 3.90. The molecular formula is C7H11N3O2S. The standard InChI is InChI=1S/C7H11N3O2S/c1-8-5(11)4-6(12)10-7-9-2-3-13-7/h2-4H2,1H3,(H,8,11)(H,9,10,12). The largest absolute Gasteiger partial charge is 0.359 e. The number of hydrogen-bond acceptors (Lipinski definition) is 4. The molecule has 1 heterocycles. The van der Waals surface area contributed by atoms with E-state index in [9.17, 15) is 9.59 Å². The van der Waals surface area contributed by atoms with Gasteiger partial charge in [-0.25, -0.2) is 0 Å². The van der Waals surface area contributed by atoms with Gasteiger partial charge in [0.05, 0.1) is 6.54 Å². The second-order valence-corrected chi connectivity index (χ2v) is 3.52. The van der Waals surface area contributed by atoms with Crippen molar-refractivity contribution in [2.45, 2.75) is 6.42 Å². The second-order valence-electron chi connectivity index (χ2n) is 2.43. The maximum Gasteiger partial charge on any atom is 0.235 e. The quantitative estimate of drug-likeness (QED) is 0.583. The van der Waals surface area contributed by atoms with Crippen molar-refractivity contribution >= 4 is 28.7 Å². The summed E-state index contributed by atoms with van der Waals surface area (Å²) in [5.41, 5.74) is 0. The average Bonchev–Trinajstić information content (AvgIpc) is 2.56. The van der Waals surface area contributed by atoms with E-state index in [0.29, 0.717) is 5.17 Å². The van der Waals surface area contributed by atoms with E-state index in [1.807, 2.05) is 0 Å². The molecule has 1 aliphatic heterocycles. The van der Waals surface area contributed by atoms with Gasteiger partial charge >= 0.3 is 0 Å². The number of carbonyl (C=O) groups is 2. The van der Waals surface area contributed by atoms with Gasteiger partial charge in [-0.2, -0.15) is 0 Å². The van der Waals surface area contributed by atoms with Gasteiger partial charge in [-0.15, -0.1) is 0 Å². The van der Waals surface area contributed by atoms with Gasteiger partial charge in [-0.05, 0) is 0 Å². The van der Waals surface area contributed by atoms with Gasteiger partial charge in [0.2, 0.25) is 11.8 Å². The molecule has 0 spiro atoms. The van der Waals surface area contributed by atoms with Crippen LogP contribution in [0, 0.1) is 0 Å². The van der Waals surface area contributed by atoms with E-state index < -0.39 is 0 Å². The van der Waals surface area contributed by atoms with Crippen LogP contribution in [0.5, 0.6) is 0 Å². The highest BCUT2D eigenvalue weighted by Gasteiger charge is 2.12. The molecule has 0 radical (unpaired) electrons. The molecule has 0 unspecified atom stereocenters. The lowest BCUT2D eigenvalue weighted by molar-refractivity contribution is -0.128. The zero-order chi connectivity index (χ0) is 9.68. The molecule has 1 aliphatic rings. The monoisotopic (exact) mass is 201 g/mol. The smallest absolute Gasteiger partial charge is 0.235 e. The van der Waals surface area contributed by atoms with E-state index in [4.69, 9.17) is 0 Å². The van der Waals surface area contributed by atoms with Gasteiger partial charge in [-0.1, -0.05) is 11.8 Å². The van der Waals surface area contributed by atoms with Crippen LogP contribution >= 0.6 is 11.8 Å². The molecule has 0 bridgehead atoms. The average molecular weight is 201 g/mol. The number of amidine groups is 1. The summed E-state index contributed by atoms with van der Waals surface area (Å²) in [6, 6.07) is 0. The molecule has 0 atom stereocenters. The summed E-state index contributed by atoms with van der Waals surface area (Å²) in [6.07, 6.45) is -0.143. The first-order chi connectivity index (χ1) is 6.22. The minimum atomic E-state index is -0.312. The molecule has 2 N–H and O–H groups in total. The predicted octanol–water partition coefficient (Wildman–Crippen LogP) is -0.658.